The van der Waals surface area contributed by atoms with Crippen LogP contribution < -0.4 is 0 Å². The molecule has 31 heavy (non-hydrogen) atoms. The summed E-state index contributed by atoms with van der Waals surface area (Å²) in [6.07, 6.45) is 5.63. The monoisotopic (exact) mass is 412 g/mol. The maximum absolute atomic E-state index is 13.3. The van der Waals surface area contributed by atoms with Gasteiger partial charge < -0.3 is 0 Å². The van der Waals surface area contributed by atoms with Gasteiger partial charge in [-0.05, 0) is 37.0 Å². The molecule has 0 bridgehead atoms. The van der Waals surface area contributed by atoms with Crippen LogP contribution in [0.4, 0.5) is 0 Å². The first-order valence-electron chi connectivity index (χ1n) is 10.6. The highest BCUT2D eigenvalue weighted by Gasteiger charge is 2.27. The standard InChI is InChI=1S/C24H24N6O/c1-16-8-10-25-20(12-16)19-15-26-29(2)23(19)21(31)13-17-9-11-30-22(14-17)27-24(28-30)18-6-4-3-5-7-18/h3-8,10,12,15,17H,9,11,13-14H2,1-2H3. The molecular formula is C24H24N6O. The van der Waals surface area contributed by atoms with Gasteiger partial charge in [-0.2, -0.15) is 10.2 Å². The first-order chi connectivity index (χ1) is 15.1. The molecule has 0 saturated carbocycles. The number of hydrogen-bond acceptors (Lipinski definition) is 5. The Bertz CT molecular complexity index is 1240. The molecule has 0 radical (unpaired) electrons. The molecule has 3 aromatic heterocycles. The van der Waals surface area contributed by atoms with Crippen LogP contribution in [0, 0.1) is 12.8 Å². The number of hydrogen-bond donors (Lipinski definition) is 0. The Morgan fingerprint density at radius 1 is 1.19 bits per heavy atom. The first kappa shape index (κ1) is 19.4. The van der Waals surface area contributed by atoms with Crippen molar-refractivity contribution in [3.63, 3.8) is 0 Å². The molecule has 0 aliphatic carbocycles. The molecule has 0 fully saturated rings. The van der Waals surface area contributed by atoms with E-state index in [-0.39, 0.29) is 11.7 Å². The normalized spacial score (nSPS) is 15.6. The van der Waals surface area contributed by atoms with Gasteiger partial charge in [0.05, 0.1) is 11.9 Å². The first-order valence-corrected chi connectivity index (χ1v) is 10.6. The summed E-state index contributed by atoms with van der Waals surface area (Å²) >= 11 is 0. The van der Waals surface area contributed by atoms with Gasteiger partial charge in [0.25, 0.3) is 0 Å². The number of Topliss-reactive ketones (excluding diaryl/α,β-unsaturated/α-hetero) is 1. The maximum atomic E-state index is 13.3. The topological polar surface area (TPSA) is 78.5 Å². The van der Waals surface area contributed by atoms with Gasteiger partial charge in [0.15, 0.2) is 11.6 Å². The number of carbonyl (C=O) groups is 1. The lowest BCUT2D eigenvalue weighted by molar-refractivity contribution is 0.0944. The largest absolute Gasteiger partial charge is 0.292 e. The molecule has 1 aliphatic heterocycles. The Balaban J connectivity index is 1.35. The molecule has 7 heteroatoms. The summed E-state index contributed by atoms with van der Waals surface area (Å²) in [7, 11) is 1.82. The zero-order chi connectivity index (χ0) is 21.4. The van der Waals surface area contributed by atoms with Gasteiger partial charge >= 0.3 is 0 Å². The number of nitrogens with zero attached hydrogens (tertiary/aromatic N) is 6. The van der Waals surface area contributed by atoms with Crippen LogP contribution >= 0.6 is 0 Å². The molecule has 1 aliphatic rings. The van der Waals surface area contributed by atoms with E-state index in [0.717, 1.165) is 53.4 Å². The molecule has 7 nitrogen and oxygen atoms in total. The Kier molecular flexibility index (Phi) is 4.94. The summed E-state index contributed by atoms with van der Waals surface area (Å²) in [4.78, 5) is 22.5. The molecule has 0 amide bonds. The summed E-state index contributed by atoms with van der Waals surface area (Å²) in [6, 6.07) is 13.9. The Labute approximate surface area is 180 Å². The molecule has 1 unspecified atom stereocenters. The van der Waals surface area contributed by atoms with Gasteiger partial charge in [0.2, 0.25) is 0 Å². The third-order valence-corrected chi connectivity index (χ3v) is 5.87. The summed E-state index contributed by atoms with van der Waals surface area (Å²) < 4.78 is 3.65. The molecule has 5 rings (SSSR count). The zero-order valence-electron chi connectivity index (χ0n) is 17.7. The number of aromatic nitrogens is 6. The number of pyridine rings is 1. The minimum absolute atomic E-state index is 0.0968. The molecule has 1 atom stereocenters. The molecule has 4 heterocycles. The van der Waals surface area contributed by atoms with E-state index < -0.39 is 0 Å². The van der Waals surface area contributed by atoms with Gasteiger partial charge in [-0.15, -0.1) is 0 Å². The average Bonchev–Trinajstić information content (AvgIpc) is 3.37. The second kappa shape index (κ2) is 7.91. The van der Waals surface area contributed by atoms with Crippen molar-refractivity contribution in [2.45, 2.75) is 32.7 Å². The number of rotatable bonds is 5. The lowest BCUT2D eigenvalue weighted by atomic mass is 9.91. The summed E-state index contributed by atoms with van der Waals surface area (Å²) in [6.45, 7) is 2.80. The Hall–Kier alpha value is -3.61. The molecule has 4 aromatic rings. The van der Waals surface area contributed by atoms with Crippen molar-refractivity contribution in [1.29, 1.82) is 0 Å². The zero-order valence-corrected chi connectivity index (χ0v) is 17.7. The van der Waals surface area contributed by atoms with Crippen molar-refractivity contribution in [3.8, 4) is 22.6 Å². The van der Waals surface area contributed by atoms with Crippen molar-refractivity contribution < 1.29 is 4.79 Å². The predicted octanol–water partition coefficient (Wildman–Crippen LogP) is 3.88. The SMILES string of the molecule is Cc1ccnc(-c2cnn(C)c2C(=O)CC2CCn3nc(-c4ccccc4)nc3C2)c1. The van der Waals surface area contributed by atoms with Crippen molar-refractivity contribution in [2.24, 2.45) is 13.0 Å². The quantitative estimate of drug-likeness (QED) is 0.465. The summed E-state index contributed by atoms with van der Waals surface area (Å²) in [5.41, 5.74) is 4.32. The second-order valence-electron chi connectivity index (χ2n) is 8.18. The van der Waals surface area contributed by atoms with Crippen LogP contribution in [-0.2, 0) is 20.0 Å². The van der Waals surface area contributed by atoms with Crippen molar-refractivity contribution >= 4 is 5.78 Å². The molecular weight excluding hydrogens is 388 g/mol. The third-order valence-electron chi connectivity index (χ3n) is 5.87. The third kappa shape index (κ3) is 3.79. The van der Waals surface area contributed by atoms with Crippen LogP contribution in [0.1, 0.15) is 34.7 Å². The highest BCUT2D eigenvalue weighted by atomic mass is 16.1. The Morgan fingerprint density at radius 3 is 2.84 bits per heavy atom. The van der Waals surface area contributed by atoms with Crippen LogP contribution in [0.5, 0.6) is 0 Å². The van der Waals surface area contributed by atoms with E-state index in [9.17, 15) is 4.79 Å². The fraction of sp³-hybridized carbons (Fsp3) is 0.292. The van der Waals surface area contributed by atoms with E-state index in [2.05, 4.69) is 15.2 Å². The van der Waals surface area contributed by atoms with E-state index in [4.69, 9.17) is 4.98 Å². The van der Waals surface area contributed by atoms with Gasteiger partial charge in [-0.25, -0.2) is 9.67 Å². The van der Waals surface area contributed by atoms with Gasteiger partial charge in [0, 0.05) is 43.8 Å². The van der Waals surface area contributed by atoms with Gasteiger partial charge in [0.1, 0.15) is 11.5 Å². The highest BCUT2D eigenvalue weighted by Crippen LogP contribution is 2.28. The van der Waals surface area contributed by atoms with Gasteiger partial charge in [-0.1, -0.05) is 30.3 Å². The van der Waals surface area contributed by atoms with Crippen LogP contribution in [0.2, 0.25) is 0 Å². The Morgan fingerprint density at radius 2 is 2.03 bits per heavy atom. The molecule has 0 N–H and O–H groups in total. The van der Waals surface area contributed by atoms with E-state index in [1.165, 1.54) is 0 Å². The van der Waals surface area contributed by atoms with Crippen molar-refractivity contribution in [1.82, 2.24) is 29.5 Å². The summed E-state index contributed by atoms with van der Waals surface area (Å²) in [5, 5.41) is 9.00. The number of ketones is 1. The smallest absolute Gasteiger partial charge is 0.181 e. The minimum Gasteiger partial charge on any atom is -0.292 e. The van der Waals surface area contributed by atoms with Crippen LogP contribution in [0.3, 0.4) is 0 Å². The van der Waals surface area contributed by atoms with Gasteiger partial charge in [-0.3, -0.25) is 14.5 Å². The average molecular weight is 412 g/mol. The number of carbonyl (C=O) groups excluding carboxylic acids is 1. The lowest BCUT2D eigenvalue weighted by Gasteiger charge is -2.21. The predicted molar refractivity (Wildman–Crippen MR) is 117 cm³/mol. The molecule has 156 valence electrons. The molecule has 0 saturated heterocycles. The maximum Gasteiger partial charge on any atom is 0.181 e. The lowest BCUT2D eigenvalue weighted by Crippen LogP contribution is -2.23. The van der Waals surface area contributed by atoms with Crippen molar-refractivity contribution in [3.05, 3.63) is 71.9 Å². The van der Waals surface area contributed by atoms with E-state index >= 15 is 0 Å². The number of benzene rings is 1. The second-order valence-corrected chi connectivity index (χ2v) is 8.18. The van der Waals surface area contributed by atoms with Crippen LogP contribution in [0.25, 0.3) is 22.6 Å². The fourth-order valence-electron chi connectivity index (χ4n) is 4.25. The number of fused-ring (bicyclic) bond motifs is 1. The fourth-order valence-corrected chi connectivity index (χ4v) is 4.25. The van der Waals surface area contributed by atoms with Crippen LogP contribution in [0.15, 0.2) is 54.9 Å². The minimum atomic E-state index is 0.0968. The summed E-state index contributed by atoms with van der Waals surface area (Å²) in [5.74, 6) is 2.04. The molecule has 0 spiro atoms. The van der Waals surface area contributed by atoms with E-state index in [0.29, 0.717) is 12.1 Å². The molecule has 1 aromatic carbocycles. The van der Waals surface area contributed by atoms with E-state index in [1.54, 1.807) is 17.1 Å². The van der Waals surface area contributed by atoms with Crippen molar-refractivity contribution in [2.75, 3.05) is 0 Å². The highest BCUT2D eigenvalue weighted by molar-refractivity contribution is 6.00. The number of aryl methyl sites for hydroxylation is 3. The van der Waals surface area contributed by atoms with E-state index in [1.807, 2.05) is 61.1 Å². The van der Waals surface area contributed by atoms with Crippen LogP contribution in [-0.4, -0.2) is 35.3 Å².